The zero-order valence-corrected chi connectivity index (χ0v) is 11.4. The van der Waals surface area contributed by atoms with Gasteiger partial charge in [-0.1, -0.05) is 6.92 Å². The van der Waals surface area contributed by atoms with E-state index < -0.39 is 36.6 Å². The first-order valence-electron chi connectivity index (χ1n) is 6.08. The Labute approximate surface area is 117 Å². The van der Waals surface area contributed by atoms with E-state index in [4.69, 9.17) is 5.11 Å². The highest BCUT2D eigenvalue weighted by molar-refractivity contribution is 5.78. The van der Waals surface area contributed by atoms with Gasteiger partial charge in [0.1, 0.15) is 5.54 Å². The molecule has 0 saturated carbocycles. The van der Waals surface area contributed by atoms with Crippen molar-refractivity contribution in [3.63, 3.8) is 0 Å². The fraction of sp³-hybridized carbons (Fsp3) is 0.909. The molecule has 4 nitrogen and oxygen atoms in total. The van der Waals surface area contributed by atoms with E-state index in [9.17, 15) is 31.1 Å². The predicted octanol–water partition coefficient (Wildman–Crippen LogP) is 2.73. The van der Waals surface area contributed by atoms with Crippen LogP contribution < -0.4 is 5.32 Å². The summed E-state index contributed by atoms with van der Waals surface area (Å²) < 4.78 is 77.0. The Balaban J connectivity index is 4.57. The molecule has 21 heavy (non-hydrogen) atoms. The number of nitrogens with one attached hydrogen (secondary N) is 1. The Morgan fingerprint density at radius 3 is 1.95 bits per heavy atom. The number of carboxylic acids is 1. The number of rotatable bonds is 8. The van der Waals surface area contributed by atoms with Gasteiger partial charge in [0.05, 0.1) is 0 Å². The molecule has 0 aliphatic carbocycles. The molecule has 0 aliphatic rings. The maximum absolute atomic E-state index is 12.2. The van der Waals surface area contributed by atoms with Gasteiger partial charge in [0.25, 0.3) is 0 Å². The summed E-state index contributed by atoms with van der Waals surface area (Å²) in [5, 5.41) is 11.5. The minimum atomic E-state index is -5.56. The smallest absolute Gasteiger partial charge is 0.423 e. The summed E-state index contributed by atoms with van der Waals surface area (Å²) in [5.41, 5.74) is -1.39. The van der Waals surface area contributed by atoms with Gasteiger partial charge in [0.2, 0.25) is 6.10 Å². The fourth-order valence-corrected chi connectivity index (χ4v) is 1.79. The Bertz CT molecular complexity index is 324. The standard InChI is InChI=1S/C11H17F6NO3/c1-3-9(18-2,8(19)20)5-4-6-21-7(10(12,13)14)11(15,16)17/h7,18H,3-6H2,1-2H3,(H,19,20). The molecule has 0 amide bonds. The zero-order chi connectivity index (χ0) is 16.9. The van der Waals surface area contributed by atoms with E-state index in [2.05, 4.69) is 10.1 Å². The molecule has 10 heteroatoms. The summed E-state index contributed by atoms with van der Waals surface area (Å²) in [7, 11) is 1.35. The molecule has 0 aromatic heterocycles. The van der Waals surface area contributed by atoms with Crippen LogP contribution in [-0.2, 0) is 9.53 Å². The lowest BCUT2D eigenvalue weighted by Gasteiger charge is -2.28. The van der Waals surface area contributed by atoms with Crippen LogP contribution >= 0.6 is 0 Å². The Morgan fingerprint density at radius 1 is 1.19 bits per heavy atom. The van der Waals surface area contributed by atoms with Gasteiger partial charge < -0.3 is 15.2 Å². The summed E-state index contributed by atoms with van der Waals surface area (Å²) in [6.45, 7) is 0.695. The molecule has 0 heterocycles. The molecule has 0 aromatic rings. The second-order valence-corrected chi connectivity index (χ2v) is 4.43. The first-order chi connectivity index (χ1) is 9.40. The van der Waals surface area contributed by atoms with E-state index in [1.54, 1.807) is 6.92 Å². The molecule has 2 N–H and O–H groups in total. The quantitative estimate of drug-likeness (QED) is 0.532. The molecule has 0 fully saturated rings. The third-order valence-electron chi connectivity index (χ3n) is 3.12. The van der Waals surface area contributed by atoms with Crippen LogP contribution in [0.4, 0.5) is 26.3 Å². The van der Waals surface area contributed by atoms with Crippen LogP contribution in [0.5, 0.6) is 0 Å². The van der Waals surface area contributed by atoms with Gasteiger partial charge in [0, 0.05) is 6.61 Å². The fourth-order valence-electron chi connectivity index (χ4n) is 1.79. The molecular weight excluding hydrogens is 308 g/mol. The molecule has 0 radical (unpaired) electrons. The van der Waals surface area contributed by atoms with E-state index >= 15 is 0 Å². The second kappa shape index (κ2) is 7.30. The lowest BCUT2D eigenvalue weighted by molar-refractivity contribution is -0.322. The minimum absolute atomic E-state index is 0.126. The second-order valence-electron chi connectivity index (χ2n) is 4.43. The van der Waals surface area contributed by atoms with Crippen molar-refractivity contribution >= 4 is 5.97 Å². The largest absolute Gasteiger partial charge is 0.480 e. The number of carboxylic acid groups (broad SMARTS) is 1. The molecule has 0 bridgehead atoms. The van der Waals surface area contributed by atoms with Crippen LogP contribution in [0.15, 0.2) is 0 Å². The third kappa shape index (κ3) is 5.70. The predicted molar refractivity (Wildman–Crippen MR) is 60.8 cm³/mol. The summed E-state index contributed by atoms with van der Waals surface area (Å²) in [5.74, 6) is -1.23. The van der Waals surface area contributed by atoms with Crippen molar-refractivity contribution in [2.45, 2.75) is 50.2 Å². The van der Waals surface area contributed by atoms with Crippen molar-refractivity contribution in [3.05, 3.63) is 0 Å². The molecule has 0 aliphatic heterocycles. The highest BCUT2D eigenvalue weighted by Crippen LogP contribution is 2.35. The van der Waals surface area contributed by atoms with Crippen molar-refractivity contribution in [3.8, 4) is 0 Å². The first kappa shape index (κ1) is 20.0. The van der Waals surface area contributed by atoms with E-state index in [0.717, 1.165) is 0 Å². The number of halogens is 6. The molecule has 0 aromatic carbocycles. The van der Waals surface area contributed by atoms with Crippen molar-refractivity contribution in [2.75, 3.05) is 13.7 Å². The maximum Gasteiger partial charge on any atom is 0.423 e. The number of hydrogen-bond donors (Lipinski definition) is 2. The number of carbonyl (C=O) groups is 1. The van der Waals surface area contributed by atoms with Crippen LogP contribution in [-0.4, -0.2) is 48.7 Å². The number of likely N-dealkylation sites (N-methyl/N-ethyl adjacent to an activating group) is 1. The number of alkyl halides is 6. The van der Waals surface area contributed by atoms with Gasteiger partial charge >= 0.3 is 18.3 Å². The highest BCUT2D eigenvalue weighted by Gasteiger charge is 2.57. The number of hydrogen-bond acceptors (Lipinski definition) is 3. The summed E-state index contributed by atoms with van der Waals surface area (Å²) >= 11 is 0. The van der Waals surface area contributed by atoms with Gasteiger partial charge in [-0.25, -0.2) is 0 Å². The molecule has 0 saturated heterocycles. The van der Waals surface area contributed by atoms with Crippen molar-refractivity contribution in [2.24, 2.45) is 0 Å². The lowest BCUT2D eigenvalue weighted by Crippen LogP contribution is -2.50. The van der Waals surface area contributed by atoms with E-state index in [-0.39, 0.29) is 19.3 Å². The van der Waals surface area contributed by atoms with Crippen molar-refractivity contribution in [1.29, 1.82) is 0 Å². The number of aliphatic carboxylic acids is 1. The van der Waals surface area contributed by atoms with Crippen LogP contribution in [0.3, 0.4) is 0 Å². The van der Waals surface area contributed by atoms with Gasteiger partial charge in [-0.05, 0) is 26.3 Å². The van der Waals surface area contributed by atoms with Crippen molar-refractivity contribution < 1.29 is 41.0 Å². The molecule has 1 unspecified atom stereocenters. The van der Waals surface area contributed by atoms with Gasteiger partial charge in [-0.15, -0.1) is 0 Å². The Kier molecular flexibility index (Phi) is 6.94. The Hall–Kier alpha value is -1.03. The molecule has 0 rings (SSSR count). The van der Waals surface area contributed by atoms with E-state index in [0.29, 0.717) is 0 Å². The lowest BCUT2D eigenvalue weighted by atomic mass is 9.91. The maximum atomic E-state index is 12.2. The average molecular weight is 325 g/mol. The van der Waals surface area contributed by atoms with Crippen LogP contribution in [0.25, 0.3) is 0 Å². The highest BCUT2D eigenvalue weighted by atomic mass is 19.4. The Morgan fingerprint density at radius 2 is 1.67 bits per heavy atom. The van der Waals surface area contributed by atoms with Crippen molar-refractivity contribution in [1.82, 2.24) is 5.32 Å². The van der Waals surface area contributed by atoms with Crippen LogP contribution in [0.1, 0.15) is 26.2 Å². The first-order valence-corrected chi connectivity index (χ1v) is 6.08. The SMILES string of the molecule is CCC(CCCOC(C(F)(F)F)C(F)(F)F)(NC)C(=O)O. The third-order valence-corrected chi connectivity index (χ3v) is 3.12. The molecule has 1 atom stereocenters. The van der Waals surface area contributed by atoms with Gasteiger partial charge in [-0.2, -0.15) is 26.3 Å². The topological polar surface area (TPSA) is 58.6 Å². The monoisotopic (exact) mass is 325 g/mol. The van der Waals surface area contributed by atoms with Gasteiger partial charge in [-0.3, -0.25) is 4.79 Å². The minimum Gasteiger partial charge on any atom is -0.480 e. The summed E-state index contributed by atoms with van der Waals surface area (Å²) in [4.78, 5) is 11.1. The average Bonchev–Trinajstić information content (AvgIpc) is 2.30. The molecule has 126 valence electrons. The normalized spacial score (nSPS) is 16.0. The van der Waals surface area contributed by atoms with Gasteiger partial charge in [0.15, 0.2) is 0 Å². The van der Waals surface area contributed by atoms with Crippen LogP contribution in [0.2, 0.25) is 0 Å². The molecule has 0 spiro atoms. The summed E-state index contributed by atoms with van der Waals surface area (Å²) in [6, 6.07) is 0. The van der Waals surface area contributed by atoms with E-state index in [1.807, 2.05) is 0 Å². The molecular formula is C11H17F6NO3. The number of ether oxygens (including phenoxy) is 1. The summed E-state index contributed by atoms with van der Waals surface area (Å²) in [6.07, 6.45) is -15.3. The zero-order valence-electron chi connectivity index (χ0n) is 11.4. The van der Waals surface area contributed by atoms with E-state index in [1.165, 1.54) is 7.05 Å². The van der Waals surface area contributed by atoms with Crippen LogP contribution in [0, 0.1) is 0 Å².